The van der Waals surface area contributed by atoms with Gasteiger partial charge in [-0.15, -0.1) is 0 Å². The number of nitrogens with one attached hydrogen (secondary N) is 1. The molecule has 1 saturated heterocycles. The van der Waals surface area contributed by atoms with Crippen LogP contribution in [0.5, 0.6) is 0 Å². The Bertz CT molecular complexity index is 484. The lowest BCUT2D eigenvalue weighted by Gasteiger charge is -2.43. The number of likely N-dealkylation sites (tertiary alicyclic amines) is 1. The smallest absolute Gasteiger partial charge is 0.327 e. The highest BCUT2D eigenvalue weighted by molar-refractivity contribution is 5.83. The van der Waals surface area contributed by atoms with Gasteiger partial charge in [0.1, 0.15) is 18.0 Å². The number of hydrogen-bond donors (Lipinski definition) is 2. The van der Waals surface area contributed by atoms with Crippen molar-refractivity contribution in [2.75, 3.05) is 6.54 Å². The van der Waals surface area contributed by atoms with Crippen LogP contribution in [0.2, 0.25) is 0 Å². The molecule has 2 N–H and O–H groups in total. The Kier molecular flexibility index (Phi) is 3.96. The highest BCUT2D eigenvalue weighted by Gasteiger charge is 2.44. The molecule has 0 radical (unpaired) electrons. The molecular weight excluding hydrogens is 262 g/mol. The molecule has 1 atom stereocenters. The molecule has 0 saturated carbocycles. The van der Waals surface area contributed by atoms with E-state index in [0.29, 0.717) is 12.2 Å². The number of piperidine rings is 1. The summed E-state index contributed by atoms with van der Waals surface area (Å²) >= 11 is 0. The Morgan fingerprint density at radius 1 is 1.60 bits per heavy atom. The van der Waals surface area contributed by atoms with Gasteiger partial charge in [-0.05, 0) is 18.3 Å². The van der Waals surface area contributed by atoms with Crippen LogP contribution in [0.1, 0.15) is 32.4 Å². The third kappa shape index (κ3) is 2.92. The number of hydrogen-bond acceptors (Lipinski definition) is 4. The number of carboxylic acid groups (broad SMARTS) is 1. The van der Waals surface area contributed by atoms with Crippen LogP contribution >= 0.6 is 0 Å². The monoisotopic (exact) mass is 281 g/mol. The van der Waals surface area contributed by atoms with E-state index in [1.807, 2.05) is 13.8 Å². The summed E-state index contributed by atoms with van der Waals surface area (Å²) in [6.45, 7) is 4.43. The first kappa shape index (κ1) is 14.4. The zero-order chi connectivity index (χ0) is 14.8. The van der Waals surface area contributed by atoms with Gasteiger partial charge in [-0.3, -0.25) is 0 Å². The average Bonchev–Trinajstić information content (AvgIpc) is 2.86. The van der Waals surface area contributed by atoms with Gasteiger partial charge >= 0.3 is 12.0 Å². The Morgan fingerprint density at radius 3 is 2.95 bits per heavy atom. The molecule has 1 aromatic heterocycles. The quantitative estimate of drug-likeness (QED) is 0.874. The molecule has 7 heteroatoms. The molecule has 7 nitrogen and oxygen atoms in total. The fourth-order valence-corrected chi connectivity index (χ4v) is 2.68. The van der Waals surface area contributed by atoms with Gasteiger partial charge in [0, 0.05) is 12.6 Å². The number of aliphatic carboxylic acids is 1. The van der Waals surface area contributed by atoms with Gasteiger partial charge in [0.15, 0.2) is 0 Å². The molecule has 20 heavy (non-hydrogen) atoms. The molecule has 110 valence electrons. The lowest BCUT2D eigenvalue weighted by atomic mass is 9.76. The number of amides is 2. The summed E-state index contributed by atoms with van der Waals surface area (Å²) in [7, 11) is 0. The molecule has 0 bridgehead atoms. The minimum Gasteiger partial charge on any atom is -0.480 e. The summed E-state index contributed by atoms with van der Waals surface area (Å²) in [5.41, 5.74) is 0.163. The van der Waals surface area contributed by atoms with E-state index in [9.17, 15) is 14.7 Å². The minimum atomic E-state index is -0.966. The van der Waals surface area contributed by atoms with Gasteiger partial charge in [0.05, 0.1) is 6.54 Å². The van der Waals surface area contributed by atoms with Crippen LogP contribution in [0.4, 0.5) is 4.79 Å². The highest BCUT2D eigenvalue weighted by atomic mass is 16.5. The molecular formula is C13H19N3O4. The van der Waals surface area contributed by atoms with E-state index in [0.717, 1.165) is 12.8 Å². The van der Waals surface area contributed by atoms with E-state index < -0.39 is 17.4 Å². The number of carbonyl (C=O) groups excluding carboxylic acids is 1. The number of carboxylic acids is 1. The van der Waals surface area contributed by atoms with E-state index >= 15 is 0 Å². The SMILES string of the molecule is CC1(C)CCCN(C(=O)NCc2ccon2)C1C(=O)O. The van der Waals surface area contributed by atoms with Crippen molar-refractivity contribution >= 4 is 12.0 Å². The number of aromatic nitrogens is 1. The number of nitrogens with zero attached hydrogens (tertiary/aromatic N) is 2. The van der Waals surface area contributed by atoms with Crippen LogP contribution in [0.3, 0.4) is 0 Å². The van der Waals surface area contributed by atoms with E-state index in [1.54, 1.807) is 6.07 Å². The van der Waals surface area contributed by atoms with Crippen molar-refractivity contribution in [3.8, 4) is 0 Å². The van der Waals surface area contributed by atoms with Crippen molar-refractivity contribution in [2.24, 2.45) is 5.41 Å². The minimum absolute atomic E-state index is 0.221. The average molecular weight is 281 g/mol. The summed E-state index contributed by atoms with van der Waals surface area (Å²) < 4.78 is 4.68. The Balaban J connectivity index is 2.04. The van der Waals surface area contributed by atoms with Crippen molar-refractivity contribution in [3.05, 3.63) is 18.0 Å². The molecule has 1 aliphatic rings. The van der Waals surface area contributed by atoms with Gasteiger partial charge < -0.3 is 19.8 Å². The van der Waals surface area contributed by atoms with Gasteiger partial charge in [0.25, 0.3) is 0 Å². The molecule has 0 aromatic carbocycles. The second-order valence-electron chi connectivity index (χ2n) is 5.68. The molecule has 1 fully saturated rings. The number of urea groups is 1. The van der Waals surface area contributed by atoms with Crippen LogP contribution in [0.25, 0.3) is 0 Å². The predicted molar refractivity (Wildman–Crippen MR) is 69.9 cm³/mol. The Morgan fingerprint density at radius 2 is 2.35 bits per heavy atom. The molecule has 1 unspecified atom stereocenters. The van der Waals surface area contributed by atoms with Gasteiger partial charge in [-0.1, -0.05) is 19.0 Å². The standard InChI is InChI=1S/C13H19N3O4/c1-13(2)5-3-6-16(10(13)11(17)18)12(19)14-8-9-4-7-20-15-9/h4,7,10H,3,5-6,8H2,1-2H3,(H,14,19)(H,17,18). The van der Waals surface area contributed by atoms with E-state index in [-0.39, 0.29) is 12.6 Å². The van der Waals surface area contributed by atoms with Crippen LogP contribution in [0.15, 0.2) is 16.9 Å². The zero-order valence-corrected chi connectivity index (χ0v) is 11.6. The van der Waals surface area contributed by atoms with Crippen molar-refractivity contribution in [1.82, 2.24) is 15.4 Å². The third-order valence-electron chi connectivity index (χ3n) is 3.68. The molecule has 2 amide bonds. The summed E-state index contributed by atoms with van der Waals surface area (Å²) in [6.07, 6.45) is 3.01. The van der Waals surface area contributed by atoms with Crippen molar-refractivity contribution < 1.29 is 19.2 Å². The van der Waals surface area contributed by atoms with E-state index in [2.05, 4.69) is 15.0 Å². The Hall–Kier alpha value is -2.05. The zero-order valence-electron chi connectivity index (χ0n) is 11.6. The largest absolute Gasteiger partial charge is 0.480 e. The summed E-state index contributed by atoms with van der Waals surface area (Å²) in [5, 5.41) is 15.8. The summed E-state index contributed by atoms with van der Waals surface area (Å²) in [6, 6.07) is 0.455. The Labute approximate surface area is 116 Å². The fraction of sp³-hybridized carbons (Fsp3) is 0.615. The molecule has 1 aromatic rings. The lowest BCUT2D eigenvalue weighted by Crippen LogP contribution is -2.58. The normalized spacial score (nSPS) is 21.5. The second kappa shape index (κ2) is 5.52. The molecule has 0 spiro atoms. The number of carbonyl (C=O) groups is 2. The second-order valence-corrected chi connectivity index (χ2v) is 5.68. The van der Waals surface area contributed by atoms with Crippen molar-refractivity contribution in [1.29, 1.82) is 0 Å². The van der Waals surface area contributed by atoms with Gasteiger partial charge in [-0.25, -0.2) is 9.59 Å². The first-order valence-corrected chi connectivity index (χ1v) is 6.58. The number of rotatable bonds is 3. The summed E-state index contributed by atoms with van der Waals surface area (Å²) in [4.78, 5) is 25.1. The van der Waals surface area contributed by atoms with E-state index in [4.69, 9.17) is 0 Å². The molecule has 1 aliphatic heterocycles. The van der Waals surface area contributed by atoms with Crippen LogP contribution in [0, 0.1) is 5.41 Å². The van der Waals surface area contributed by atoms with Gasteiger partial charge in [-0.2, -0.15) is 0 Å². The maximum atomic E-state index is 12.2. The fourth-order valence-electron chi connectivity index (χ4n) is 2.68. The molecule has 2 rings (SSSR count). The highest BCUT2D eigenvalue weighted by Crippen LogP contribution is 2.35. The van der Waals surface area contributed by atoms with Crippen LogP contribution in [-0.2, 0) is 11.3 Å². The van der Waals surface area contributed by atoms with Crippen molar-refractivity contribution in [3.63, 3.8) is 0 Å². The topological polar surface area (TPSA) is 95.7 Å². The third-order valence-corrected chi connectivity index (χ3v) is 3.68. The lowest BCUT2D eigenvalue weighted by molar-refractivity contribution is -0.148. The summed E-state index contributed by atoms with van der Waals surface area (Å²) in [5.74, 6) is -0.966. The molecule has 0 aliphatic carbocycles. The predicted octanol–water partition coefficient (Wildman–Crippen LogP) is 1.46. The first-order chi connectivity index (χ1) is 9.42. The van der Waals surface area contributed by atoms with Gasteiger partial charge in [0.2, 0.25) is 0 Å². The molecule has 2 heterocycles. The maximum absolute atomic E-state index is 12.2. The first-order valence-electron chi connectivity index (χ1n) is 6.58. The van der Waals surface area contributed by atoms with E-state index in [1.165, 1.54) is 11.2 Å². The maximum Gasteiger partial charge on any atom is 0.327 e. The van der Waals surface area contributed by atoms with Crippen LogP contribution < -0.4 is 5.32 Å². The van der Waals surface area contributed by atoms with Crippen LogP contribution in [-0.4, -0.2) is 39.8 Å². The van der Waals surface area contributed by atoms with Crippen molar-refractivity contribution in [2.45, 2.75) is 39.3 Å².